The first-order valence-electron chi connectivity index (χ1n) is 8.36. The molecule has 0 rings (SSSR count). The molecule has 0 spiro atoms. The molecule has 12 nitrogen and oxygen atoms in total. The van der Waals surface area contributed by atoms with Crippen LogP contribution in [-0.4, -0.2) is 83.1 Å². The third-order valence-electron chi connectivity index (χ3n) is 3.52. The average Bonchev–Trinajstić information content (AvgIpc) is 2.64. The van der Waals surface area contributed by atoms with Gasteiger partial charge in [0.15, 0.2) is 0 Å². The Bertz CT molecular complexity index is 575. The lowest BCUT2D eigenvalue weighted by atomic mass is 10.1. The molecule has 0 aliphatic heterocycles. The Labute approximate surface area is 166 Å². The fourth-order valence-corrected chi connectivity index (χ4v) is 2.40. The van der Waals surface area contributed by atoms with Crippen LogP contribution in [0, 0.1) is 0 Å². The minimum absolute atomic E-state index is 0.0110. The van der Waals surface area contributed by atoms with E-state index in [2.05, 4.69) is 16.0 Å². The Morgan fingerprint density at radius 2 is 1.68 bits per heavy atom. The topological polar surface area (TPSA) is 214 Å². The number of amides is 4. The van der Waals surface area contributed by atoms with Crippen molar-refractivity contribution in [1.29, 1.82) is 0 Å². The van der Waals surface area contributed by atoms with Gasteiger partial charge in [0.25, 0.3) is 0 Å². The summed E-state index contributed by atoms with van der Waals surface area (Å²) in [7, 11) is 0. The van der Waals surface area contributed by atoms with Crippen LogP contribution in [0.1, 0.15) is 19.3 Å². The predicted octanol–water partition coefficient (Wildman–Crippen LogP) is -3.50. The highest BCUT2D eigenvalue weighted by molar-refractivity contribution is 7.98. The van der Waals surface area contributed by atoms with Gasteiger partial charge >= 0.3 is 5.97 Å². The highest BCUT2D eigenvalue weighted by atomic mass is 32.2. The Morgan fingerprint density at radius 1 is 1.04 bits per heavy atom. The van der Waals surface area contributed by atoms with Crippen LogP contribution in [0.15, 0.2) is 0 Å². The van der Waals surface area contributed by atoms with Crippen molar-refractivity contribution in [3.63, 3.8) is 0 Å². The van der Waals surface area contributed by atoms with E-state index in [9.17, 15) is 29.1 Å². The van der Waals surface area contributed by atoms with Gasteiger partial charge in [-0.3, -0.25) is 19.2 Å². The fraction of sp³-hybridized carbons (Fsp3) is 0.667. The first-order valence-corrected chi connectivity index (χ1v) is 9.75. The number of rotatable bonds is 14. The first kappa shape index (κ1) is 25.6. The number of primary amides is 1. The lowest BCUT2D eigenvalue weighted by molar-refractivity contribution is -0.142. The number of nitrogens with one attached hydrogen (secondary N) is 3. The normalized spacial score (nSPS) is 13.7. The van der Waals surface area contributed by atoms with Crippen molar-refractivity contribution in [3.8, 4) is 0 Å². The molecule has 160 valence electrons. The zero-order chi connectivity index (χ0) is 21.7. The van der Waals surface area contributed by atoms with E-state index in [0.717, 1.165) is 0 Å². The maximum absolute atomic E-state index is 12.1. The van der Waals surface area contributed by atoms with Gasteiger partial charge in [0.05, 0.1) is 19.2 Å². The third-order valence-corrected chi connectivity index (χ3v) is 4.17. The highest BCUT2D eigenvalue weighted by Crippen LogP contribution is 2.01. The number of nitrogens with two attached hydrogens (primary N) is 2. The van der Waals surface area contributed by atoms with E-state index >= 15 is 0 Å². The molecule has 0 fully saturated rings. The molecule has 0 bridgehead atoms. The van der Waals surface area contributed by atoms with Gasteiger partial charge in [-0.15, -0.1) is 0 Å². The maximum Gasteiger partial charge on any atom is 0.326 e. The largest absolute Gasteiger partial charge is 0.480 e. The summed E-state index contributed by atoms with van der Waals surface area (Å²) in [6, 6.07) is -3.58. The van der Waals surface area contributed by atoms with Gasteiger partial charge < -0.3 is 37.6 Å². The van der Waals surface area contributed by atoms with Crippen LogP contribution in [-0.2, 0) is 24.0 Å². The summed E-state index contributed by atoms with van der Waals surface area (Å²) in [5, 5.41) is 25.0. The second-order valence-electron chi connectivity index (χ2n) is 5.81. The molecule has 9 N–H and O–H groups in total. The molecule has 0 saturated heterocycles. The van der Waals surface area contributed by atoms with Crippen LogP contribution in [0.5, 0.6) is 0 Å². The van der Waals surface area contributed by atoms with Crippen molar-refractivity contribution in [1.82, 2.24) is 16.0 Å². The number of carboxylic acid groups (broad SMARTS) is 1. The summed E-state index contributed by atoms with van der Waals surface area (Å²) >= 11 is 1.41. The summed E-state index contributed by atoms with van der Waals surface area (Å²) in [5.41, 5.74) is 10.5. The van der Waals surface area contributed by atoms with Crippen LogP contribution in [0.4, 0.5) is 0 Å². The molecular formula is C15H27N5O7S. The van der Waals surface area contributed by atoms with E-state index in [0.29, 0.717) is 5.75 Å². The van der Waals surface area contributed by atoms with Crippen LogP contribution in [0.2, 0.25) is 0 Å². The van der Waals surface area contributed by atoms with E-state index in [1.54, 1.807) is 6.26 Å². The molecule has 0 aromatic rings. The zero-order valence-electron chi connectivity index (χ0n) is 15.5. The van der Waals surface area contributed by atoms with Gasteiger partial charge in [-0.2, -0.15) is 11.8 Å². The van der Waals surface area contributed by atoms with E-state index in [1.165, 1.54) is 11.8 Å². The fourth-order valence-electron chi connectivity index (χ4n) is 1.93. The summed E-state index contributed by atoms with van der Waals surface area (Å²) < 4.78 is 0. The van der Waals surface area contributed by atoms with Gasteiger partial charge in [0.2, 0.25) is 23.6 Å². The average molecular weight is 421 g/mol. The Hall–Kier alpha value is -2.38. The smallest absolute Gasteiger partial charge is 0.326 e. The first-order chi connectivity index (χ1) is 13.1. The Balaban J connectivity index is 4.53. The molecule has 0 aromatic carbocycles. The van der Waals surface area contributed by atoms with Crippen molar-refractivity contribution < 1.29 is 34.2 Å². The molecule has 0 aliphatic carbocycles. The summed E-state index contributed by atoms with van der Waals surface area (Å²) in [5.74, 6) is -3.70. The number of carbonyl (C=O) groups excluding carboxylic acids is 4. The van der Waals surface area contributed by atoms with Crippen LogP contribution < -0.4 is 27.4 Å². The van der Waals surface area contributed by atoms with Crippen molar-refractivity contribution >= 4 is 41.4 Å². The highest BCUT2D eigenvalue weighted by Gasteiger charge is 2.26. The number of hydrogen-bond donors (Lipinski definition) is 7. The molecule has 3 unspecified atom stereocenters. The molecule has 4 amide bonds. The second-order valence-corrected chi connectivity index (χ2v) is 6.80. The van der Waals surface area contributed by atoms with Crippen LogP contribution in [0.3, 0.4) is 0 Å². The predicted molar refractivity (Wildman–Crippen MR) is 101 cm³/mol. The monoisotopic (exact) mass is 421 g/mol. The SMILES string of the molecule is CSCCC(NC(=O)C(CO)NC(=O)CNC(=O)C(N)CCC(N)=O)C(=O)O. The molecular weight excluding hydrogens is 394 g/mol. The van der Waals surface area contributed by atoms with E-state index < -0.39 is 60.9 Å². The van der Waals surface area contributed by atoms with Crippen LogP contribution in [0.25, 0.3) is 0 Å². The quantitative estimate of drug-likeness (QED) is 0.148. The molecule has 0 heterocycles. The maximum atomic E-state index is 12.1. The summed E-state index contributed by atoms with van der Waals surface area (Å²) in [6.45, 7) is -1.29. The number of aliphatic hydroxyl groups is 1. The molecule has 0 aromatic heterocycles. The molecule has 0 saturated carbocycles. The zero-order valence-corrected chi connectivity index (χ0v) is 16.3. The second kappa shape index (κ2) is 13.7. The lowest BCUT2D eigenvalue weighted by Gasteiger charge is -2.20. The molecule has 0 radical (unpaired) electrons. The summed E-state index contributed by atoms with van der Waals surface area (Å²) in [6.07, 6.45) is 1.88. The molecule has 28 heavy (non-hydrogen) atoms. The number of aliphatic carboxylic acids is 1. The van der Waals surface area contributed by atoms with Crippen LogP contribution >= 0.6 is 11.8 Å². The minimum atomic E-state index is -1.39. The Kier molecular flexibility index (Phi) is 12.6. The van der Waals surface area contributed by atoms with Gasteiger partial charge in [0, 0.05) is 6.42 Å². The van der Waals surface area contributed by atoms with Crippen molar-refractivity contribution in [2.24, 2.45) is 11.5 Å². The number of thioether (sulfide) groups is 1. The summed E-state index contributed by atoms with van der Waals surface area (Å²) in [4.78, 5) is 57.4. The molecule has 0 aliphatic rings. The van der Waals surface area contributed by atoms with Gasteiger partial charge in [-0.25, -0.2) is 4.79 Å². The van der Waals surface area contributed by atoms with Crippen molar-refractivity contribution in [2.75, 3.05) is 25.2 Å². The molecule has 13 heteroatoms. The van der Waals surface area contributed by atoms with Gasteiger partial charge in [0.1, 0.15) is 12.1 Å². The molecule has 3 atom stereocenters. The van der Waals surface area contributed by atoms with Crippen molar-refractivity contribution in [2.45, 2.75) is 37.4 Å². The minimum Gasteiger partial charge on any atom is -0.480 e. The number of hydrogen-bond acceptors (Lipinski definition) is 8. The lowest BCUT2D eigenvalue weighted by Crippen LogP contribution is -2.55. The van der Waals surface area contributed by atoms with Crippen molar-refractivity contribution in [3.05, 3.63) is 0 Å². The number of aliphatic hydroxyl groups excluding tert-OH is 1. The number of carbonyl (C=O) groups is 5. The van der Waals surface area contributed by atoms with E-state index in [4.69, 9.17) is 16.6 Å². The Morgan fingerprint density at radius 3 is 2.18 bits per heavy atom. The van der Waals surface area contributed by atoms with Gasteiger partial charge in [-0.05, 0) is 24.9 Å². The standard InChI is InChI=1S/C15H27N5O7S/c1-28-5-4-9(15(26)27)20-14(25)10(7-21)19-12(23)6-18-13(24)8(16)2-3-11(17)22/h8-10,21H,2-7,16H2,1H3,(H2,17,22)(H,18,24)(H,19,23)(H,20,25)(H,26,27). The van der Waals surface area contributed by atoms with E-state index in [1.807, 2.05) is 0 Å². The van der Waals surface area contributed by atoms with E-state index in [-0.39, 0.29) is 19.3 Å². The van der Waals surface area contributed by atoms with Gasteiger partial charge in [-0.1, -0.05) is 0 Å². The number of carboxylic acids is 1. The third kappa shape index (κ3) is 10.7.